The number of nitro groups is 1. The summed E-state index contributed by atoms with van der Waals surface area (Å²) in [6.45, 7) is 0.192. The number of hydrogen-bond acceptors (Lipinski definition) is 7. The molecule has 0 spiro atoms. The van der Waals surface area contributed by atoms with Crippen LogP contribution in [-0.4, -0.2) is 31.3 Å². The molecule has 4 rings (SSSR count). The van der Waals surface area contributed by atoms with Crippen molar-refractivity contribution in [2.24, 2.45) is 5.10 Å². The predicted molar refractivity (Wildman–Crippen MR) is 144 cm³/mol. The molecule has 0 aliphatic rings. The fraction of sp³-hybridized carbons (Fsp3) is 0.111. The van der Waals surface area contributed by atoms with E-state index in [4.69, 9.17) is 14.2 Å². The van der Waals surface area contributed by atoms with Crippen molar-refractivity contribution >= 4 is 44.5 Å². The van der Waals surface area contributed by atoms with Crippen molar-refractivity contribution in [3.05, 3.63) is 104 Å². The van der Waals surface area contributed by atoms with Crippen molar-refractivity contribution < 1.29 is 23.9 Å². The third-order valence-electron chi connectivity index (χ3n) is 5.51. The van der Waals surface area contributed by atoms with Gasteiger partial charge in [0.15, 0.2) is 11.5 Å². The maximum absolute atomic E-state index is 12.8. The molecule has 0 fully saturated rings. The fourth-order valence-corrected chi connectivity index (χ4v) is 4.01. The van der Waals surface area contributed by atoms with E-state index in [2.05, 4.69) is 26.5 Å². The van der Waals surface area contributed by atoms with Crippen LogP contribution in [0.1, 0.15) is 21.5 Å². The zero-order valence-corrected chi connectivity index (χ0v) is 21.5. The van der Waals surface area contributed by atoms with E-state index in [0.29, 0.717) is 32.8 Å². The van der Waals surface area contributed by atoms with Crippen molar-refractivity contribution in [3.8, 4) is 17.2 Å². The summed E-state index contributed by atoms with van der Waals surface area (Å²) in [6, 6.07) is 20.8. The van der Waals surface area contributed by atoms with Gasteiger partial charge < -0.3 is 14.2 Å². The Morgan fingerprint density at radius 1 is 0.973 bits per heavy atom. The summed E-state index contributed by atoms with van der Waals surface area (Å²) in [5, 5.41) is 16.8. The smallest absolute Gasteiger partial charge is 0.275 e. The molecule has 0 heterocycles. The Labute approximate surface area is 220 Å². The summed E-state index contributed by atoms with van der Waals surface area (Å²) in [4.78, 5) is 23.2. The summed E-state index contributed by atoms with van der Waals surface area (Å²) in [6.07, 6.45) is 1.48. The van der Waals surface area contributed by atoms with Crippen LogP contribution in [0.3, 0.4) is 0 Å². The molecule has 0 saturated heterocycles. The number of ether oxygens (including phenoxy) is 3. The zero-order valence-electron chi connectivity index (χ0n) is 19.9. The number of nitrogens with one attached hydrogen (secondary N) is 1. The van der Waals surface area contributed by atoms with Crippen LogP contribution >= 0.6 is 15.9 Å². The van der Waals surface area contributed by atoms with Crippen LogP contribution < -0.4 is 19.6 Å². The van der Waals surface area contributed by atoms with Crippen LogP contribution in [0.2, 0.25) is 0 Å². The minimum Gasteiger partial charge on any atom is -0.496 e. The lowest BCUT2D eigenvalue weighted by Gasteiger charge is -2.13. The first kappa shape index (κ1) is 25.6. The van der Waals surface area contributed by atoms with E-state index in [0.717, 1.165) is 16.3 Å². The van der Waals surface area contributed by atoms with Crippen LogP contribution in [0, 0.1) is 10.1 Å². The van der Waals surface area contributed by atoms with Gasteiger partial charge in [-0.1, -0.05) is 24.3 Å². The molecule has 4 aromatic carbocycles. The molecular formula is C27H22BrN3O6. The lowest BCUT2D eigenvalue weighted by Crippen LogP contribution is -2.18. The number of rotatable bonds is 9. The van der Waals surface area contributed by atoms with Crippen molar-refractivity contribution in [1.82, 2.24) is 5.43 Å². The number of carbonyl (C=O) groups excluding carboxylic acids is 1. The number of carbonyl (C=O) groups is 1. The quantitative estimate of drug-likeness (QED) is 0.155. The molecule has 0 bridgehead atoms. The molecule has 188 valence electrons. The molecule has 0 unspecified atom stereocenters. The Balaban J connectivity index is 1.46. The first-order valence-electron chi connectivity index (χ1n) is 11.0. The average Bonchev–Trinajstić information content (AvgIpc) is 2.92. The van der Waals surface area contributed by atoms with Crippen LogP contribution in [0.15, 0.2) is 82.4 Å². The van der Waals surface area contributed by atoms with Crippen molar-refractivity contribution in [3.63, 3.8) is 0 Å². The van der Waals surface area contributed by atoms with Gasteiger partial charge in [0.05, 0.1) is 30.9 Å². The van der Waals surface area contributed by atoms with E-state index in [9.17, 15) is 14.9 Å². The van der Waals surface area contributed by atoms with Crippen LogP contribution in [0.4, 0.5) is 5.69 Å². The minimum absolute atomic E-state index is 0.0128. The Kier molecular flexibility index (Phi) is 7.99. The molecule has 37 heavy (non-hydrogen) atoms. The van der Waals surface area contributed by atoms with E-state index in [1.807, 2.05) is 30.3 Å². The Hall–Kier alpha value is -4.44. The second-order valence-electron chi connectivity index (χ2n) is 7.84. The topological polar surface area (TPSA) is 112 Å². The molecule has 10 heteroatoms. The van der Waals surface area contributed by atoms with Crippen LogP contribution in [0.5, 0.6) is 17.2 Å². The standard InChI is InChI=1S/C27H22BrN3O6/c1-35-24-12-19-6-4-3-5-18(19)11-22(24)27(32)30-29-15-20-13-25(36-2)26(14-23(20)28)37-16-17-7-9-21(10-8-17)31(33)34/h3-15H,16H2,1-2H3,(H,30,32)/b29-15-. The minimum atomic E-state index is -0.453. The monoisotopic (exact) mass is 563 g/mol. The molecule has 0 aromatic heterocycles. The molecule has 4 aromatic rings. The van der Waals surface area contributed by atoms with Crippen molar-refractivity contribution in [2.45, 2.75) is 6.61 Å². The summed E-state index contributed by atoms with van der Waals surface area (Å²) >= 11 is 3.49. The number of nitro benzene ring substituents is 1. The van der Waals surface area contributed by atoms with Gasteiger partial charge >= 0.3 is 0 Å². The van der Waals surface area contributed by atoms with Gasteiger partial charge in [0.25, 0.3) is 11.6 Å². The van der Waals surface area contributed by atoms with E-state index < -0.39 is 10.8 Å². The molecule has 1 N–H and O–H groups in total. The lowest BCUT2D eigenvalue weighted by molar-refractivity contribution is -0.384. The number of nitrogens with zero attached hydrogens (tertiary/aromatic N) is 2. The molecular weight excluding hydrogens is 542 g/mol. The maximum Gasteiger partial charge on any atom is 0.275 e. The highest BCUT2D eigenvalue weighted by Gasteiger charge is 2.14. The molecule has 0 radical (unpaired) electrons. The summed E-state index contributed by atoms with van der Waals surface area (Å²) in [5.41, 5.74) is 4.32. The van der Waals surface area contributed by atoms with Gasteiger partial charge in [0.2, 0.25) is 0 Å². The van der Waals surface area contributed by atoms with Gasteiger partial charge in [0, 0.05) is 22.2 Å². The average molecular weight is 564 g/mol. The molecule has 1 amide bonds. The van der Waals surface area contributed by atoms with Crippen LogP contribution in [-0.2, 0) is 6.61 Å². The normalized spacial score (nSPS) is 10.9. The van der Waals surface area contributed by atoms with Gasteiger partial charge in [-0.2, -0.15) is 5.10 Å². The number of methoxy groups -OCH3 is 2. The molecule has 9 nitrogen and oxygen atoms in total. The highest BCUT2D eigenvalue weighted by molar-refractivity contribution is 9.10. The van der Waals surface area contributed by atoms with Gasteiger partial charge in [0.1, 0.15) is 12.4 Å². The van der Waals surface area contributed by atoms with Gasteiger partial charge in [-0.25, -0.2) is 5.43 Å². The molecule has 0 atom stereocenters. The second kappa shape index (κ2) is 11.5. The van der Waals surface area contributed by atoms with Crippen molar-refractivity contribution in [1.29, 1.82) is 0 Å². The van der Waals surface area contributed by atoms with E-state index in [1.165, 1.54) is 32.6 Å². The van der Waals surface area contributed by atoms with Crippen LogP contribution in [0.25, 0.3) is 10.8 Å². The first-order chi connectivity index (χ1) is 17.9. The number of benzene rings is 4. The maximum atomic E-state index is 12.8. The van der Waals surface area contributed by atoms with Crippen molar-refractivity contribution in [2.75, 3.05) is 14.2 Å². The third-order valence-corrected chi connectivity index (χ3v) is 6.19. The first-order valence-corrected chi connectivity index (χ1v) is 11.8. The number of hydrazone groups is 1. The third kappa shape index (κ3) is 6.04. The highest BCUT2D eigenvalue weighted by atomic mass is 79.9. The lowest BCUT2D eigenvalue weighted by atomic mass is 10.1. The van der Waals surface area contributed by atoms with E-state index in [1.54, 1.807) is 30.3 Å². The Morgan fingerprint density at radius 3 is 2.30 bits per heavy atom. The summed E-state index contributed by atoms with van der Waals surface area (Å²) in [5.74, 6) is 0.956. The van der Waals surface area contributed by atoms with E-state index in [-0.39, 0.29) is 12.3 Å². The van der Waals surface area contributed by atoms with Gasteiger partial charge in [-0.05, 0) is 68.7 Å². The Bertz CT molecular complexity index is 1490. The summed E-state index contributed by atoms with van der Waals surface area (Å²) in [7, 11) is 3.02. The largest absolute Gasteiger partial charge is 0.496 e. The predicted octanol–water partition coefficient (Wildman–Crippen LogP) is 5.87. The van der Waals surface area contributed by atoms with Gasteiger partial charge in [-0.15, -0.1) is 0 Å². The van der Waals surface area contributed by atoms with E-state index >= 15 is 0 Å². The summed E-state index contributed by atoms with van der Waals surface area (Å²) < 4.78 is 17.4. The molecule has 0 aliphatic heterocycles. The fourth-order valence-electron chi connectivity index (χ4n) is 3.58. The number of amides is 1. The number of fused-ring (bicyclic) bond motifs is 1. The highest BCUT2D eigenvalue weighted by Crippen LogP contribution is 2.33. The SMILES string of the molecule is COc1cc(/C=N\NC(=O)c2cc3ccccc3cc2OC)c(Br)cc1OCc1ccc([N+](=O)[O-])cc1. The number of halogens is 1. The molecule has 0 saturated carbocycles. The number of hydrogen-bond donors (Lipinski definition) is 1. The number of non-ortho nitro benzene ring substituents is 1. The van der Waals surface area contributed by atoms with Gasteiger partial charge in [-0.3, -0.25) is 14.9 Å². The second-order valence-corrected chi connectivity index (χ2v) is 8.69. The molecule has 0 aliphatic carbocycles. The zero-order chi connectivity index (χ0) is 26.4. The Morgan fingerprint density at radius 2 is 1.65 bits per heavy atom.